The Hall–Kier alpha value is -2.49. The van der Waals surface area contributed by atoms with Crippen LogP contribution in [0.1, 0.15) is 16.2 Å². The molecule has 0 bridgehead atoms. The van der Waals surface area contributed by atoms with Gasteiger partial charge in [-0.05, 0) is 18.2 Å². The standard InChI is InChI=1S/C13H8N2O2/c16-13(11-6-3-7-17-11)12-9-4-1-2-5-10(9)14-8-15-12/h1-8H. The highest BCUT2D eigenvalue weighted by molar-refractivity contribution is 6.12. The van der Waals surface area contributed by atoms with Gasteiger partial charge in [0.1, 0.15) is 12.0 Å². The second-order valence-electron chi connectivity index (χ2n) is 3.55. The first-order valence-corrected chi connectivity index (χ1v) is 5.14. The second kappa shape index (κ2) is 3.83. The molecule has 3 aromatic rings. The average Bonchev–Trinajstić information content (AvgIpc) is 2.91. The van der Waals surface area contributed by atoms with E-state index >= 15 is 0 Å². The molecule has 4 nitrogen and oxygen atoms in total. The fourth-order valence-electron chi connectivity index (χ4n) is 1.71. The fraction of sp³-hybridized carbons (Fsp3) is 0. The Balaban J connectivity index is 2.21. The number of ketones is 1. The van der Waals surface area contributed by atoms with Crippen molar-refractivity contribution < 1.29 is 9.21 Å². The topological polar surface area (TPSA) is 56.0 Å². The molecule has 0 aliphatic carbocycles. The number of furan rings is 1. The van der Waals surface area contributed by atoms with Crippen molar-refractivity contribution in [1.82, 2.24) is 9.97 Å². The van der Waals surface area contributed by atoms with Gasteiger partial charge in [0.05, 0.1) is 11.8 Å². The molecule has 82 valence electrons. The van der Waals surface area contributed by atoms with Crippen LogP contribution in [-0.2, 0) is 0 Å². The van der Waals surface area contributed by atoms with E-state index in [2.05, 4.69) is 9.97 Å². The van der Waals surface area contributed by atoms with E-state index in [4.69, 9.17) is 4.42 Å². The van der Waals surface area contributed by atoms with Crippen LogP contribution in [0.5, 0.6) is 0 Å². The molecule has 0 unspecified atom stereocenters. The number of para-hydroxylation sites is 1. The monoisotopic (exact) mass is 224 g/mol. The normalized spacial score (nSPS) is 10.6. The lowest BCUT2D eigenvalue weighted by Gasteiger charge is -2.01. The summed E-state index contributed by atoms with van der Waals surface area (Å²) in [5, 5.41) is 0.733. The molecule has 0 saturated heterocycles. The molecule has 17 heavy (non-hydrogen) atoms. The van der Waals surface area contributed by atoms with E-state index in [1.54, 1.807) is 12.1 Å². The van der Waals surface area contributed by atoms with Crippen LogP contribution in [0.25, 0.3) is 10.9 Å². The van der Waals surface area contributed by atoms with Crippen molar-refractivity contribution in [2.75, 3.05) is 0 Å². The van der Waals surface area contributed by atoms with Crippen LogP contribution in [0.2, 0.25) is 0 Å². The first kappa shape index (κ1) is 9.72. The molecule has 0 atom stereocenters. The van der Waals surface area contributed by atoms with E-state index < -0.39 is 0 Å². The summed E-state index contributed by atoms with van der Waals surface area (Å²) in [5.41, 5.74) is 1.11. The van der Waals surface area contributed by atoms with Gasteiger partial charge in [0, 0.05) is 5.39 Å². The Kier molecular flexibility index (Phi) is 2.19. The molecule has 3 rings (SSSR count). The van der Waals surface area contributed by atoms with E-state index in [-0.39, 0.29) is 11.5 Å². The molecule has 0 spiro atoms. The zero-order valence-corrected chi connectivity index (χ0v) is 8.83. The first-order chi connectivity index (χ1) is 8.36. The number of fused-ring (bicyclic) bond motifs is 1. The van der Waals surface area contributed by atoms with Gasteiger partial charge < -0.3 is 4.42 Å². The molecule has 0 radical (unpaired) electrons. The minimum Gasteiger partial charge on any atom is -0.461 e. The lowest BCUT2D eigenvalue weighted by Crippen LogP contribution is -2.04. The zero-order valence-electron chi connectivity index (χ0n) is 8.83. The number of hydrogen-bond donors (Lipinski definition) is 0. The maximum absolute atomic E-state index is 12.1. The van der Waals surface area contributed by atoms with Gasteiger partial charge >= 0.3 is 0 Å². The Bertz CT molecular complexity index is 669. The van der Waals surface area contributed by atoms with E-state index in [9.17, 15) is 4.79 Å². The van der Waals surface area contributed by atoms with Gasteiger partial charge in [0.15, 0.2) is 5.76 Å². The predicted molar refractivity (Wildman–Crippen MR) is 61.7 cm³/mol. The van der Waals surface area contributed by atoms with Gasteiger partial charge in [-0.2, -0.15) is 0 Å². The Labute approximate surface area is 96.9 Å². The predicted octanol–water partition coefficient (Wildman–Crippen LogP) is 2.45. The van der Waals surface area contributed by atoms with Crippen molar-refractivity contribution in [2.45, 2.75) is 0 Å². The largest absolute Gasteiger partial charge is 0.461 e. The van der Waals surface area contributed by atoms with Crippen molar-refractivity contribution >= 4 is 16.7 Å². The minimum absolute atomic E-state index is 0.228. The molecule has 0 N–H and O–H groups in total. The quantitative estimate of drug-likeness (QED) is 0.627. The third-order valence-corrected chi connectivity index (χ3v) is 2.50. The molecule has 0 fully saturated rings. The number of aromatic nitrogens is 2. The van der Waals surface area contributed by atoms with Gasteiger partial charge in [-0.25, -0.2) is 9.97 Å². The number of carbonyl (C=O) groups is 1. The van der Waals surface area contributed by atoms with E-state index in [0.717, 1.165) is 10.9 Å². The van der Waals surface area contributed by atoms with Crippen molar-refractivity contribution in [3.63, 3.8) is 0 Å². The van der Waals surface area contributed by atoms with Crippen LogP contribution in [-0.4, -0.2) is 15.8 Å². The smallest absolute Gasteiger partial charge is 0.247 e. The number of hydrogen-bond acceptors (Lipinski definition) is 4. The number of carbonyl (C=O) groups excluding carboxylic acids is 1. The van der Waals surface area contributed by atoms with Crippen LogP contribution >= 0.6 is 0 Å². The van der Waals surface area contributed by atoms with Crippen LogP contribution in [0.15, 0.2) is 53.4 Å². The number of benzene rings is 1. The van der Waals surface area contributed by atoms with Crippen molar-refractivity contribution in [2.24, 2.45) is 0 Å². The highest BCUT2D eigenvalue weighted by Crippen LogP contribution is 2.17. The zero-order chi connectivity index (χ0) is 11.7. The lowest BCUT2D eigenvalue weighted by molar-refractivity contribution is 0.101. The van der Waals surface area contributed by atoms with Crippen LogP contribution in [0, 0.1) is 0 Å². The molecule has 2 heterocycles. The summed E-state index contributed by atoms with van der Waals surface area (Å²) in [6, 6.07) is 10.7. The summed E-state index contributed by atoms with van der Waals surface area (Å²) >= 11 is 0. The van der Waals surface area contributed by atoms with Gasteiger partial charge in [0.2, 0.25) is 5.78 Å². The van der Waals surface area contributed by atoms with Gasteiger partial charge in [-0.1, -0.05) is 18.2 Å². The van der Waals surface area contributed by atoms with Crippen molar-refractivity contribution in [3.8, 4) is 0 Å². The Morgan fingerprint density at radius 3 is 2.76 bits per heavy atom. The van der Waals surface area contributed by atoms with E-state index in [1.165, 1.54) is 12.6 Å². The molecule has 0 saturated carbocycles. The summed E-state index contributed by atoms with van der Waals surface area (Å²) in [5.74, 6) is 0.0578. The van der Waals surface area contributed by atoms with Crippen molar-refractivity contribution in [3.05, 3.63) is 60.4 Å². The number of rotatable bonds is 2. The highest BCUT2D eigenvalue weighted by atomic mass is 16.3. The van der Waals surface area contributed by atoms with Crippen LogP contribution < -0.4 is 0 Å². The van der Waals surface area contributed by atoms with Crippen LogP contribution in [0.3, 0.4) is 0 Å². The Morgan fingerprint density at radius 2 is 1.94 bits per heavy atom. The summed E-state index contributed by atoms with van der Waals surface area (Å²) in [4.78, 5) is 20.3. The third-order valence-electron chi connectivity index (χ3n) is 2.50. The molecule has 2 aromatic heterocycles. The van der Waals surface area contributed by atoms with Gasteiger partial charge in [-0.15, -0.1) is 0 Å². The van der Waals surface area contributed by atoms with E-state index in [0.29, 0.717) is 5.69 Å². The molecular formula is C13H8N2O2. The summed E-state index contributed by atoms with van der Waals surface area (Å²) in [6.07, 6.45) is 2.86. The highest BCUT2D eigenvalue weighted by Gasteiger charge is 2.16. The minimum atomic E-state index is -0.228. The summed E-state index contributed by atoms with van der Waals surface area (Å²) < 4.78 is 5.09. The maximum Gasteiger partial charge on any atom is 0.247 e. The lowest BCUT2D eigenvalue weighted by atomic mass is 10.1. The molecule has 0 amide bonds. The Morgan fingerprint density at radius 1 is 1.06 bits per heavy atom. The maximum atomic E-state index is 12.1. The van der Waals surface area contributed by atoms with Crippen LogP contribution in [0.4, 0.5) is 0 Å². The number of nitrogens with zero attached hydrogens (tertiary/aromatic N) is 2. The van der Waals surface area contributed by atoms with Crippen molar-refractivity contribution in [1.29, 1.82) is 0 Å². The summed E-state index contributed by atoms with van der Waals surface area (Å²) in [6.45, 7) is 0. The fourth-order valence-corrected chi connectivity index (χ4v) is 1.71. The van der Waals surface area contributed by atoms with E-state index in [1.807, 2.05) is 24.3 Å². The van der Waals surface area contributed by atoms with Gasteiger partial charge in [-0.3, -0.25) is 4.79 Å². The molecule has 1 aromatic carbocycles. The molecule has 4 heteroatoms. The molecular weight excluding hydrogens is 216 g/mol. The average molecular weight is 224 g/mol. The van der Waals surface area contributed by atoms with Gasteiger partial charge in [0.25, 0.3) is 0 Å². The third kappa shape index (κ3) is 1.59. The molecule has 0 aliphatic heterocycles. The second-order valence-corrected chi connectivity index (χ2v) is 3.55. The first-order valence-electron chi connectivity index (χ1n) is 5.14. The molecule has 0 aliphatic rings. The SMILES string of the molecule is O=C(c1ccco1)c1ncnc2ccccc12. The summed E-state index contributed by atoms with van der Waals surface area (Å²) in [7, 11) is 0.